The number of nitrogens with zero attached hydrogens (tertiary/aromatic N) is 3. The van der Waals surface area contributed by atoms with Crippen molar-refractivity contribution >= 4 is 29.0 Å². The summed E-state index contributed by atoms with van der Waals surface area (Å²) in [6.07, 6.45) is 2.13. The molecule has 0 aliphatic carbocycles. The van der Waals surface area contributed by atoms with Crippen LogP contribution in [0.1, 0.15) is 52.1 Å². The number of carboxylic acids is 1. The third-order valence-electron chi connectivity index (χ3n) is 6.96. The highest BCUT2D eigenvalue weighted by molar-refractivity contribution is 5.99. The van der Waals surface area contributed by atoms with Gasteiger partial charge in [-0.3, -0.25) is 4.79 Å². The van der Waals surface area contributed by atoms with Gasteiger partial charge in [-0.15, -0.1) is 0 Å². The number of alkyl carbamates (subject to hydrolysis) is 1. The van der Waals surface area contributed by atoms with Gasteiger partial charge in [-0.2, -0.15) is 5.26 Å². The van der Waals surface area contributed by atoms with E-state index in [9.17, 15) is 19.5 Å². The molecule has 3 N–H and O–H groups in total. The first-order valence-corrected chi connectivity index (χ1v) is 13.8. The van der Waals surface area contributed by atoms with Crippen LogP contribution in [0, 0.1) is 11.3 Å². The molecule has 0 aliphatic rings. The molecule has 0 aliphatic heterocycles. The van der Waals surface area contributed by atoms with E-state index in [1.54, 1.807) is 30.3 Å². The number of rotatable bonds is 13. The van der Waals surface area contributed by atoms with Crippen molar-refractivity contribution in [3.63, 3.8) is 0 Å². The zero-order valence-corrected chi connectivity index (χ0v) is 23.4. The van der Waals surface area contributed by atoms with E-state index in [1.807, 2.05) is 54.1 Å². The second-order valence-electron chi connectivity index (χ2n) is 9.95. The topological polar surface area (TPSA) is 146 Å². The normalized spacial score (nSPS) is 11.4. The number of nitrogens with one attached hydrogen (secondary N) is 2. The molecule has 2 amide bonds. The Kier molecular flexibility index (Phi) is 10.3. The first-order chi connectivity index (χ1) is 20.3. The van der Waals surface area contributed by atoms with Crippen LogP contribution >= 0.6 is 0 Å². The van der Waals surface area contributed by atoms with E-state index in [2.05, 4.69) is 16.7 Å². The van der Waals surface area contributed by atoms with Crippen LogP contribution in [0.2, 0.25) is 0 Å². The van der Waals surface area contributed by atoms with Crippen LogP contribution in [0.25, 0.3) is 11.0 Å². The second-order valence-corrected chi connectivity index (χ2v) is 9.95. The van der Waals surface area contributed by atoms with Crippen molar-refractivity contribution < 1.29 is 24.2 Å². The minimum atomic E-state index is -1.12. The van der Waals surface area contributed by atoms with Crippen molar-refractivity contribution in [1.82, 2.24) is 20.2 Å². The molecule has 0 spiro atoms. The average Bonchev–Trinajstić information content (AvgIpc) is 3.33. The lowest BCUT2D eigenvalue weighted by atomic mass is 10.1. The Bertz CT molecular complexity index is 1570. The SMILES string of the molecule is Cn1c(CCc2ccc(C#N)cc2)nc2cc(C(=O)NC(CCCCNC(=O)OCc3ccccc3)C(=O)O)ccc21. The molecular weight excluding hydrogens is 534 g/mol. The molecule has 1 aromatic heterocycles. The quantitative estimate of drug-likeness (QED) is 0.202. The monoisotopic (exact) mass is 567 g/mol. The molecule has 3 aromatic carbocycles. The van der Waals surface area contributed by atoms with Gasteiger partial charge in [0.25, 0.3) is 5.91 Å². The molecule has 1 unspecified atom stereocenters. The van der Waals surface area contributed by atoms with E-state index in [4.69, 9.17) is 15.0 Å². The number of carbonyl (C=O) groups excluding carboxylic acids is 2. The summed E-state index contributed by atoms with van der Waals surface area (Å²) in [5.41, 5.74) is 4.44. The third-order valence-corrected chi connectivity index (χ3v) is 6.96. The molecular formula is C32H33N5O5. The average molecular weight is 568 g/mol. The molecule has 1 heterocycles. The predicted molar refractivity (Wildman–Crippen MR) is 157 cm³/mol. The van der Waals surface area contributed by atoms with Crippen molar-refractivity contribution in [3.8, 4) is 6.07 Å². The molecule has 4 rings (SSSR count). The number of nitriles is 1. The van der Waals surface area contributed by atoms with E-state index in [0.29, 0.717) is 42.5 Å². The molecule has 216 valence electrons. The van der Waals surface area contributed by atoms with Gasteiger partial charge in [-0.25, -0.2) is 14.6 Å². The number of imidazole rings is 1. The van der Waals surface area contributed by atoms with Gasteiger partial charge in [-0.05, 0) is 67.1 Å². The fourth-order valence-corrected chi connectivity index (χ4v) is 4.55. The number of benzene rings is 3. The molecule has 0 saturated heterocycles. The number of amides is 2. The van der Waals surface area contributed by atoms with Gasteiger partial charge in [0.05, 0.1) is 22.7 Å². The Balaban J connectivity index is 1.25. The number of hydrogen-bond donors (Lipinski definition) is 3. The number of fused-ring (bicyclic) bond motifs is 1. The van der Waals surface area contributed by atoms with E-state index in [-0.39, 0.29) is 13.0 Å². The van der Waals surface area contributed by atoms with Gasteiger partial charge in [0.1, 0.15) is 18.5 Å². The summed E-state index contributed by atoms with van der Waals surface area (Å²) in [6, 6.07) is 23.0. The summed E-state index contributed by atoms with van der Waals surface area (Å²) in [7, 11) is 1.92. The highest BCUT2D eigenvalue weighted by Gasteiger charge is 2.21. The lowest BCUT2D eigenvalue weighted by molar-refractivity contribution is -0.139. The zero-order chi connectivity index (χ0) is 29.9. The minimum absolute atomic E-state index is 0.171. The number of hydrogen-bond acceptors (Lipinski definition) is 6. The minimum Gasteiger partial charge on any atom is -0.480 e. The third kappa shape index (κ3) is 8.17. The molecule has 1 atom stereocenters. The number of aliphatic carboxylic acids is 1. The summed E-state index contributed by atoms with van der Waals surface area (Å²) in [4.78, 5) is 41.3. The van der Waals surface area contributed by atoms with Crippen LogP contribution in [-0.2, 0) is 36.0 Å². The molecule has 10 nitrogen and oxygen atoms in total. The highest BCUT2D eigenvalue weighted by Crippen LogP contribution is 2.19. The Morgan fingerprint density at radius 3 is 2.48 bits per heavy atom. The first-order valence-electron chi connectivity index (χ1n) is 13.8. The largest absolute Gasteiger partial charge is 0.480 e. The van der Waals surface area contributed by atoms with Crippen LogP contribution in [0.15, 0.2) is 72.8 Å². The maximum absolute atomic E-state index is 12.9. The van der Waals surface area contributed by atoms with E-state index < -0.39 is 24.0 Å². The summed E-state index contributed by atoms with van der Waals surface area (Å²) in [5.74, 6) is -0.757. The van der Waals surface area contributed by atoms with Crippen LogP contribution in [0.3, 0.4) is 0 Å². The number of aromatic nitrogens is 2. The van der Waals surface area contributed by atoms with Crippen molar-refractivity contribution in [3.05, 3.63) is 101 Å². The Morgan fingerprint density at radius 2 is 1.76 bits per heavy atom. The van der Waals surface area contributed by atoms with Gasteiger partial charge in [0, 0.05) is 25.6 Å². The van der Waals surface area contributed by atoms with Gasteiger partial charge in [0.2, 0.25) is 0 Å². The summed E-state index contributed by atoms with van der Waals surface area (Å²) >= 11 is 0. The smallest absolute Gasteiger partial charge is 0.407 e. The van der Waals surface area contributed by atoms with Crippen molar-refractivity contribution in [2.45, 2.75) is 44.8 Å². The molecule has 10 heteroatoms. The number of unbranched alkanes of at least 4 members (excludes halogenated alkanes) is 1. The predicted octanol–water partition coefficient (Wildman–Crippen LogP) is 4.51. The van der Waals surface area contributed by atoms with Gasteiger partial charge in [0.15, 0.2) is 0 Å². The molecule has 0 radical (unpaired) electrons. The second kappa shape index (κ2) is 14.5. The first kappa shape index (κ1) is 29.8. The van der Waals surface area contributed by atoms with E-state index in [0.717, 1.165) is 28.9 Å². The van der Waals surface area contributed by atoms with Crippen molar-refractivity contribution in [1.29, 1.82) is 5.26 Å². The molecule has 4 aromatic rings. The maximum atomic E-state index is 12.9. The van der Waals surface area contributed by atoms with Crippen LogP contribution in [0.4, 0.5) is 4.79 Å². The summed E-state index contributed by atoms with van der Waals surface area (Å²) in [5, 5.41) is 23.9. The van der Waals surface area contributed by atoms with E-state index in [1.165, 1.54) is 0 Å². The number of carboxylic acid groups (broad SMARTS) is 1. The fraction of sp³-hybridized carbons (Fsp3) is 0.281. The van der Waals surface area contributed by atoms with Gasteiger partial charge < -0.3 is 25.0 Å². The Labute approximate surface area is 243 Å². The zero-order valence-electron chi connectivity index (χ0n) is 23.4. The lowest BCUT2D eigenvalue weighted by Gasteiger charge is -2.15. The van der Waals surface area contributed by atoms with Gasteiger partial charge in [-0.1, -0.05) is 42.5 Å². The molecule has 0 bridgehead atoms. The number of aryl methyl sites for hydroxylation is 3. The molecule has 0 saturated carbocycles. The Morgan fingerprint density at radius 1 is 1.00 bits per heavy atom. The van der Waals surface area contributed by atoms with Crippen LogP contribution < -0.4 is 10.6 Å². The summed E-state index contributed by atoms with van der Waals surface area (Å²) in [6.45, 7) is 0.502. The number of ether oxygens (including phenoxy) is 1. The van der Waals surface area contributed by atoms with Crippen molar-refractivity contribution in [2.75, 3.05) is 6.54 Å². The Hall–Kier alpha value is -5.17. The van der Waals surface area contributed by atoms with Crippen LogP contribution in [-0.4, -0.2) is 45.2 Å². The lowest BCUT2D eigenvalue weighted by Crippen LogP contribution is -2.40. The molecule has 42 heavy (non-hydrogen) atoms. The van der Waals surface area contributed by atoms with E-state index >= 15 is 0 Å². The maximum Gasteiger partial charge on any atom is 0.407 e. The molecule has 0 fully saturated rings. The standard InChI is InChI=1S/C32H33N5O5/c1-37-28-16-15-25(19-27(28)35-29(37)17-14-22-10-12-23(20-33)13-11-22)30(38)36-26(31(39)40)9-5-6-18-34-32(41)42-21-24-7-3-2-4-8-24/h2-4,7-8,10-13,15-16,19,26H,5-6,9,14,17-18,21H2,1H3,(H,34,41)(H,36,38)(H,39,40). The highest BCUT2D eigenvalue weighted by atomic mass is 16.5. The van der Waals surface area contributed by atoms with Crippen molar-refractivity contribution in [2.24, 2.45) is 7.05 Å². The van der Waals surface area contributed by atoms with Crippen LogP contribution in [0.5, 0.6) is 0 Å². The summed E-state index contributed by atoms with van der Waals surface area (Å²) < 4.78 is 7.14. The fourth-order valence-electron chi connectivity index (χ4n) is 4.55. The van der Waals surface area contributed by atoms with Gasteiger partial charge >= 0.3 is 12.1 Å². The number of carbonyl (C=O) groups is 3.